The summed E-state index contributed by atoms with van der Waals surface area (Å²) < 4.78 is 4.43. The lowest BCUT2D eigenvalue weighted by molar-refractivity contribution is 0.0594. The zero-order chi connectivity index (χ0) is 9.14. The van der Waals surface area contributed by atoms with Crippen LogP contribution in [0.1, 0.15) is 10.5 Å². The van der Waals surface area contributed by atoms with Gasteiger partial charge in [-0.1, -0.05) is 17.1 Å². The van der Waals surface area contributed by atoms with Crippen molar-refractivity contribution in [1.82, 2.24) is 4.98 Å². The first-order chi connectivity index (χ1) is 5.63. The fourth-order valence-electron chi connectivity index (χ4n) is 0.726. The third-order valence-corrected chi connectivity index (χ3v) is 1.40. The Morgan fingerprint density at radius 3 is 2.83 bits per heavy atom. The molecule has 0 amide bonds. The van der Waals surface area contributed by atoms with Crippen LogP contribution in [-0.4, -0.2) is 25.9 Å². The van der Waals surface area contributed by atoms with Crippen molar-refractivity contribution in [2.75, 3.05) is 7.11 Å². The van der Waals surface area contributed by atoms with Crippen LogP contribution in [0.15, 0.2) is 12.1 Å². The maximum atomic E-state index is 10.9. The van der Waals surface area contributed by atoms with Gasteiger partial charge < -0.3 is 4.74 Å². The van der Waals surface area contributed by atoms with Gasteiger partial charge in [0.05, 0.1) is 7.11 Å². The van der Waals surface area contributed by atoms with Crippen LogP contribution in [0.2, 0.25) is 5.15 Å². The number of carbonyl (C=O) groups excluding carboxylic acids is 1. The Labute approximate surface area is 76.1 Å². The molecule has 0 spiro atoms. The van der Waals surface area contributed by atoms with Crippen LogP contribution >= 0.6 is 11.6 Å². The number of methoxy groups -OCH3 is 1. The maximum absolute atomic E-state index is 10.9. The molecule has 0 atom stereocenters. The van der Waals surface area contributed by atoms with E-state index in [9.17, 15) is 4.79 Å². The van der Waals surface area contributed by atoms with Gasteiger partial charge in [0.2, 0.25) is 0 Å². The Hall–Kier alpha value is -1.03. The van der Waals surface area contributed by atoms with Crippen molar-refractivity contribution in [3.05, 3.63) is 23.0 Å². The highest BCUT2D eigenvalue weighted by molar-refractivity contribution is 6.35. The fourth-order valence-corrected chi connectivity index (χ4v) is 0.943. The summed E-state index contributed by atoms with van der Waals surface area (Å²) >= 11 is 5.55. The number of pyridine rings is 1. The maximum Gasteiger partial charge on any atom is 0.356 e. The van der Waals surface area contributed by atoms with Crippen LogP contribution in [0.4, 0.5) is 0 Å². The van der Waals surface area contributed by atoms with E-state index in [-0.39, 0.29) is 10.8 Å². The lowest BCUT2D eigenvalue weighted by atomic mass is 9.97. The van der Waals surface area contributed by atoms with Crippen molar-refractivity contribution in [3.8, 4) is 0 Å². The third-order valence-electron chi connectivity index (χ3n) is 1.21. The lowest BCUT2D eigenvalue weighted by Crippen LogP contribution is -2.11. The van der Waals surface area contributed by atoms with E-state index in [2.05, 4.69) is 9.72 Å². The number of halogens is 1. The standard InChI is InChI=1S/C7H5BClNO2/c1-12-7(11)5-2-4(8)3-6(9)10-5/h2-3H,1H3. The van der Waals surface area contributed by atoms with Gasteiger partial charge in [-0.3, -0.25) is 0 Å². The third kappa shape index (κ3) is 1.98. The molecule has 1 aromatic heterocycles. The number of nitrogens with zero attached hydrogens (tertiary/aromatic N) is 1. The number of aromatic nitrogens is 1. The Bertz CT molecular complexity index is 296. The minimum atomic E-state index is -0.552. The molecule has 0 aromatic carbocycles. The molecule has 3 nitrogen and oxygen atoms in total. The van der Waals surface area contributed by atoms with Gasteiger partial charge in [-0.05, 0) is 12.1 Å². The van der Waals surface area contributed by atoms with Gasteiger partial charge in [-0.2, -0.15) is 0 Å². The smallest absolute Gasteiger partial charge is 0.356 e. The summed E-state index contributed by atoms with van der Waals surface area (Å²) in [5.74, 6) is -0.552. The molecular weight excluding hydrogens is 176 g/mol. The van der Waals surface area contributed by atoms with E-state index in [4.69, 9.17) is 19.4 Å². The topological polar surface area (TPSA) is 39.2 Å². The average molecular weight is 181 g/mol. The van der Waals surface area contributed by atoms with Crippen LogP contribution in [0, 0.1) is 0 Å². The molecule has 0 bridgehead atoms. The molecule has 1 rings (SSSR count). The number of ether oxygens (including phenoxy) is 1. The van der Waals surface area contributed by atoms with Crippen molar-refractivity contribution in [1.29, 1.82) is 0 Å². The second kappa shape index (κ2) is 3.58. The van der Waals surface area contributed by atoms with Gasteiger partial charge in [-0.15, -0.1) is 0 Å². The molecule has 0 N–H and O–H groups in total. The number of carbonyl (C=O) groups is 1. The largest absolute Gasteiger partial charge is 0.464 e. The van der Waals surface area contributed by atoms with Gasteiger partial charge in [0.15, 0.2) is 0 Å². The number of hydrogen-bond donors (Lipinski definition) is 0. The monoisotopic (exact) mass is 181 g/mol. The Morgan fingerprint density at radius 2 is 2.33 bits per heavy atom. The van der Waals surface area contributed by atoms with E-state index < -0.39 is 5.97 Å². The van der Waals surface area contributed by atoms with Crippen LogP contribution in [0.25, 0.3) is 0 Å². The first-order valence-corrected chi connectivity index (χ1v) is 3.52. The molecule has 1 aromatic rings. The molecule has 0 aliphatic rings. The van der Waals surface area contributed by atoms with Crippen LogP contribution in [-0.2, 0) is 4.74 Å². The fraction of sp³-hybridized carbons (Fsp3) is 0.143. The summed E-state index contributed by atoms with van der Waals surface area (Å²) in [7, 11) is 6.68. The quantitative estimate of drug-likeness (QED) is 0.356. The number of hydrogen-bond acceptors (Lipinski definition) is 3. The summed E-state index contributed by atoms with van der Waals surface area (Å²) in [6, 6.07) is 2.85. The van der Waals surface area contributed by atoms with Crippen molar-refractivity contribution in [3.63, 3.8) is 0 Å². The molecular formula is C7H5BClNO2. The van der Waals surface area contributed by atoms with Crippen molar-refractivity contribution >= 4 is 30.9 Å². The highest BCUT2D eigenvalue weighted by atomic mass is 35.5. The molecule has 0 aliphatic heterocycles. The van der Waals surface area contributed by atoms with E-state index in [1.807, 2.05) is 0 Å². The van der Waals surface area contributed by atoms with Gasteiger partial charge in [-0.25, -0.2) is 9.78 Å². The predicted octanol–water partition coefficient (Wildman–Crippen LogP) is 0.315. The molecule has 0 fully saturated rings. The summed E-state index contributed by atoms with van der Waals surface area (Å²) in [5.41, 5.74) is 0.498. The molecule has 12 heavy (non-hydrogen) atoms. The van der Waals surface area contributed by atoms with Gasteiger partial charge in [0.1, 0.15) is 18.7 Å². The highest BCUT2D eigenvalue weighted by Crippen LogP contribution is 2.03. The molecule has 0 saturated carbocycles. The second-order valence-corrected chi connectivity index (χ2v) is 2.49. The molecule has 0 unspecified atom stereocenters. The Kier molecular flexibility index (Phi) is 2.71. The second-order valence-electron chi connectivity index (χ2n) is 2.10. The molecule has 0 saturated heterocycles. The van der Waals surface area contributed by atoms with Gasteiger partial charge in [0, 0.05) is 0 Å². The van der Waals surface area contributed by atoms with Gasteiger partial charge in [0.25, 0.3) is 0 Å². The van der Waals surface area contributed by atoms with Crippen molar-refractivity contribution in [2.24, 2.45) is 0 Å². The number of esters is 1. The van der Waals surface area contributed by atoms with E-state index in [0.29, 0.717) is 5.46 Å². The minimum Gasteiger partial charge on any atom is -0.464 e. The molecule has 2 radical (unpaired) electrons. The van der Waals surface area contributed by atoms with Crippen molar-refractivity contribution in [2.45, 2.75) is 0 Å². The molecule has 5 heteroatoms. The molecule has 0 aliphatic carbocycles. The SMILES string of the molecule is [B]c1cc(Cl)nc(C(=O)OC)c1. The molecule has 60 valence electrons. The van der Waals surface area contributed by atoms with E-state index in [0.717, 1.165) is 0 Å². The summed E-state index contributed by atoms with van der Waals surface area (Å²) in [6.45, 7) is 0. The normalized spacial score (nSPS) is 9.50. The summed E-state index contributed by atoms with van der Waals surface area (Å²) in [5, 5.41) is 0.176. The first kappa shape index (κ1) is 9.07. The Balaban J connectivity index is 3.08. The van der Waals surface area contributed by atoms with Crippen LogP contribution in [0.3, 0.4) is 0 Å². The van der Waals surface area contributed by atoms with Crippen LogP contribution in [0.5, 0.6) is 0 Å². The van der Waals surface area contributed by atoms with E-state index in [1.54, 1.807) is 0 Å². The van der Waals surface area contributed by atoms with Gasteiger partial charge >= 0.3 is 5.97 Å². The Morgan fingerprint density at radius 1 is 1.67 bits per heavy atom. The van der Waals surface area contributed by atoms with E-state index in [1.165, 1.54) is 19.2 Å². The van der Waals surface area contributed by atoms with Crippen molar-refractivity contribution < 1.29 is 9.53 Å². The molecule has 1 heterocycles. The summed E-state index contributed by atoms with van der Waals surface area (Å²) in [6.07, 6.45) is 0. The summed E-state index contributed by atoms with van der Waals surface area (Å²) in [4.78, 5) is 14.6. The highest BCUT2D eigenvalue weighted by Gasteiger charge is 2.07. The lowest BCUT2D eigenvalue weighted by Gasteiger charge is -2.00. The predicted molar refractivity (Wildman–Crippen MR) is 46.0 cm³/mol. The minimum absolute atomic E-state index is 0.113. The number of rotatable bonds is 1. The van der Waals surface area contributed by atoms with E-state index >= 15 is 0 Å². The van der Waals surface area contributed by atoms with Crippen LogP contribution < -0.4 is 5.46 Å². The first-order valence-electron chi connectivity index (χ1n) is 3.15. The zero-order valence-electron chi connectivity index (χ0n) is 6.37. The average Bonchev–Trinajstić information content (AvgIpc) is 2.01. The zero-order valence-corrected chi connectivity index (χ0v) is 7.13.